The van der Waals surface area contributed by atoms with Crippen molar-refractivity contribution in [2.75, 3.05) is 5.32 Å². The number of fused-ring (bicyclic) bond motifs is 1. The van der Waals surface area contributed by atoms with Crippen LogP contribution in [0.1, 0.15) is 24.1 Å². The van der Waals surface area contributed by atoms with Gasteiger partial charge in [0, 0.05) is 11.8 Å². The molecule has 1 aliphatic rings. The molecule has 5 rings (SSSR count). The molecule has 11 heteroatoms. The summed E-state index contributed by atoms with van der Waals surface area (Å²) in [5, 5.41) is 22.1. The van der Waals surface area contributed by atoms with Gasteiger partial charge in [-0.2, -0.15) is 30.9 Å². The third kappa shape index (κ3) is 3.27. The van der Waals surface area contributed by atoms with Crippen LogP contribution in [0, 0.1) is 0 Å². The third-order valence-corrected chi connectivity index (χ3v) is 5.02. The van der Waals surface area contributed by atoms with E-state index < -0.39 is 5.69 Å². The quantitative estimate of drug-likeness (QED) is 0.379. The summed E-state index contributed by atoms with van der Waals surface area (Å²) in [4.78, 5) is 29.9. The topological polar surface area (TPSA) is 136 Å². The van der Waals surface area contributed by atoms with Crippen molar-refractivity contribution in [1.82, 2.24) is 29.5 Å². The lowest BCUT2D eigenvalue weighted by atomic mass is 10.3. The second kappa shape index (κ2) is 6.60. The van der Waals surface area contributed by atoms with Crippen LogP contribution in [0.5, 0.6) is 5.88 Å². The van der Waals surface area contributed by atoms with Gasteiger partial charge in [-0.3, -0.25) is 4.98 Å². The van der Waals surface area contributed by atoms with Crippen molar-refractivity contribution >= 4 is 29.0 Å². The van der Waals surface area contributed by atoms with Gasteiger partial charge in [0.05, 0.1) is 12.2 Å². The maximum absolute atomic E-state index is 11.4. The van der Waals surface area contributed by atoms with Crippen LogP contribution in [0.3, 0.4) is 0 Å². The second-order valence-electron chi connectivity index (χ2n) is 6.51. The van der Waals surface area contributed by atoms with Crippen LogP contribution in [0.25, 0.3) is 11.7 Å². The molecule has 0 aliphatic heterocycles. The molecule has 0 radical (unpaired) electrons. The predicted molar refractivity (Wildman–Crippen MR) is 103 cm³/mol. The molecule has 0 unspecified atom stereocenters. The number of H-pyrrole nitrogens is 2. The van der Waals surface area contributed by atoms with E-state index in [-0.39, 0.29) is 17.6 Å². The first-order valence-corrected chi connectivity index (χ1v) is 9.67. The van der Waals surface area contributed by atoms with Gasteiger partial charge >= 0.3 is 5.69 Å². The Balaban J connectivity index is 1.63. The molecule has 0 bridgehead atoms. The highest BCUT2D eigenvalue weighted by Crippen LogP contribution is 2.22. The minimum absolute atomic E-state index is 0.239. The van der Waals surface area contributed by atoms with Gasteiger partial charge in [0.2, 0.25) is 11.8 Å². The number of nitrogens with one attached hydrogen (secondary N) is 3. The number of thiophene rings is 1. The van der Waals surface area contributed by atoms with E-state index in [2.05, 4.69) is 40.7 Å². The fourth-order valence-electron chi connectivity index (χ4n) is 2.73. The second-order valence-corrected chi connectivity index (χ2v) is 7.29. The van der Waals surface area contributed by atoms with Crippen molar-refractivity contribution in [3.8, 4) is 5.88 Å². The zero-order valence-corrected chi connectivity index (χ0v) is 15.4. The molecule has 0 aromatic carbocycles. The Morgan fingerprint density at radius 1 is 1.39 bits per heavy atom. The molecule has 4 aromatic heterocycles. The summed E-state index contributed by atoms with van der Waals surface area (Å²) < 4.78 is 1.57. The lowest BCUT2D eigenvalue weighted by Gasteiger charge is -2.04. The van der Waals surface area contributed by atoms with Crippen LogP contribution in [-0.2, 0) is 6.54 Å². The van der Waals surface area contributed by atoms with E-state index in [9.17, 15) is 9.90 Å². The number of hydrogen-bond acceptors (Lipinski definition) is 8. The molecule has 4 aromatic rings. The van der Waals surface area contributed by atoms with Crippen LogP contribution in [0.15, 0.2) is 32.8 Å². The number of imidazole rings is 1. The highest BCUT2D eigenvalue weighted by Gasteiger charge is 2.21. The number of aromatic hydroxyl groups is 1. The third-order valence-electron chi connectivity index (χ3n) is 4.29. The average Bonchev–Trinajstić information content (AvgIpc) is 3.05. The number of aromatic nitrogens is 6. The summed E-state index contributed by atoms with van der Waals surface area (Å²) in [6, 6.07) is 2.30. The zero-order valence-electron chi connectivity index (χ0n) is 14.6. The summed E-state index contributed by atoms with van der Waals surface area (Å²) in [6.45, 7) is 0.599. The Bertz CT molecular complexity index is 1310. The Kier molecular flexibility index (Phi) is 3.93. The fraction of sp³-hybridized carbons (Fsp3) is 0.235. The van der Waals surface area contributed by atoms with Gasteiger partial charge < -0.3 is 15.4 Å². The smallest absolute Gasteiger partial charge is 0.326 e. The van der Waals surface area contributed by atoms with Crippen molar-refractivity contribution < 1.29 is 5.11 Å². The first kappa shape index (κ1) is 16.7. The van der Waals surface area contributed by atoms with Gasteiger partial charge in [-0.05, 0) is 41.3 Å². The number of hydrogen-bond donors (Lipinski definition) is 4. The van der Waals surface area contributed by atoms with Gasteiger partial charge in [0.25, 0.3) is 5.62 Å². The Labute approximate surface area is 161 Å². The zero-order chi connectivity index (χ0) is 19.1. The SMILES string of the molecule is O=c1[nH]c(O)c(C=c2cnn3c(=NC4CC4)nc(NCc4ccsc4)nc23)[nH]1. The van der Waals surface area contributed by atoms with Crippen molar-refractivity contribution in [2.45, 2.75) is 25.4 Å². The van der Waals surface area contributed by atoms with Crippen molar-refractivity contribution in [3.05, 3.63) is 55.6 Å². The molecule has 4 heterocycles. The largest absolute Gasteiger partial charge is 0.493 e. The van der Waals surface area contributed by atoms with E-state index in [0.717, 1.165) is 18.4 Å². The normalized spacial score (nSPS) is 15.6. The molecule has 0 amide bonds. The molecule has 28 heavy (non-hydrogen) atoms. The van der Waals surface area contributed by atoms with Crippen molar-refractivity contribution in [2.24, 2.45) is 4.99 Å². The van der Waals surface area contributed by atoms with Crippen LogP contribution >= 0.6 is 11.3 Å². The summed E-state index contributed by atoms with van der Waals surface area (Å²) in [5.74, 6) is 0.206. The maximum Gasteiger partial charge on any atom is 0.326 e. The first-order valence-electron chi connectivity index (χ1n) is 8.73. The number of nitrogens with zero attached hydrogens (tertiary/aromatic N) is 5. The molecule has 1 aliphatic carbocycles. The summed E-state index contributed by atoms with van der Waals surface area (Å²) in [7, 11) is 0. The van der Waals surface area contributed by atoms with Gasteiger partial charge in [-0.25, -0.2) is 9.79 Å². The van der Waals surface area contributed by atoms with Crippen molar-refractivity contribution in [1.29, 1.82) is 0 Å². The highest BCUT2D eigenvalue weighted by molar-refractivity contribution is 7.07. The lowest BCUT2D eigenvalue weighted by molar-refractivity contribution is 0.454. The van der Waals surface area contributed by atoms with E-state index in [1.165, 1.54) is 0 Å². The van der Waals surface area contributed by atoms with E-state index in [1.54, 1.807) is 28.1 Å². The molecule has 10 nitrogen and oxygen atoms in total. The van der Waals surface area contributed by atoms with E-state index in [0.29, 0.717) is 29.0 Å². The summed E-state index contributed by atoms with van der Waals surface area (Å²) in [5.41, 5.74) is 1.92. The van der Waals surface area contributed by atoms with Crippen LogP contribution < -0.4 is 21.8 Å². The molecule has 142 valence electrons. The monoisotopic (exact) mass is 396 g/mol. The van der Waals surface area contributed by atoms with Gasteiger partial charge in [-0.1, -0.05) is 0 Å². The first-order chi connectivity index (χ1) is 13.7. The summed E-state index contributed by atoms with van der Waals surface area (Å²) in [6.07, 6.45) is 5.29. The van der Waals surface area contributed by atoms with Gasteiger partial charge in [-0.15, -0.1) is 0 Å². The fourth-order valence-corrected chi connectivity index (χ4v) is 3.40. The van der Waals surface area contributed by atoms with E-state index >= 15 is 0 Å². The van der Waals surface area contributed by atoms with Crippen LogP contribution in [0.4, 0.5) is 5.95 Å². The van der Waals surface area contributed by atoms with E-state index in [4.69, 9.17) is 0 Å². The average molecular weight is 396 g/mol. The molecule has 4 N–H and O–H groups in total. The minimum atomic E-state index is -0.489. The molecule has 0 atom stereocenters. The molecule has 0 saturated heterocycles. The molecular formula is C17H16N8O2S. The molecule has 1 fully saturated rings. The van der Waals surface area contributed by atoms with Crippen LogP contribution in [-0.4, -0.2) is 40.7 Å². The van der Waals surface area contributed by atoms with Crippen LogP contribution in [0.2, 0.25) is 0 Å². The Morgan fingerprint density at radius 2 is 2.29 bits per heavy atom. The number of aromatic amines is 2. The molecule has 1 saturated carbocycles. The minimum Gasteiger partial charge on any atom is -0.493 e. The van der Waals surface area contributed by atoms with E-state index in [1.807, 2.05) is 11.4 Å². The standard InChI is InChI=1S/C17H16N8O2S/c26-14-12(21-17(27)23-14)5-10-7-19-25-13(10)22-15(18-6-9-3-4-28-8-9)24-16(25)20-11-1-2-11/h3-5,7-8,11,26H,1-2,6H2,(H,18,20,24)(H2,21,23,27). The highest BCUT2D eigenvalue weighted by atomic mass is 32.1. The molecule has 0 spiro atoms. The van der Waals surface area contributed by atoms with Gasteiger partial charge in [0.15, 0.2) is 5.65 Å². The summed E-state index contributed by atoms with van der Waals surface area (Å²) >= 11 is 1.63. The Morgan fingerprint density at radius 3 is 3.00 bits per heavy atom. The molecular weight excluding hydrogens is 380 g/mol. The van der Waals surface area contributed by atoms with Gasteiger partial charge in [0.1, 0.15) is 5.69 Å². The number of rotatable bonds is 5. The predicted octanol–water partition coefficient (Wildman–Crippen LogP) is 0.131. The number of anilines is 1. The maximum atomic E-state index is 11.4. The Hall–Kier alpha value is -3.47. The van der Waals surface area contributed by atoms with Crippen molar-refractivity contribution in [3.63, 3.8) is 0 Å². The lowest BCUT2D eigenvalue weighted by Crippen LogP contribution is -2.24.